The molecule has 1 fully saturated rings. The van der Waals surface area contributed by atoms with E-state index in [2.05, 4.69) is 5.32 Å². The molecule has 0 spiro atoms. The van der Waals surface area contributed by atoms with Crippen LogP contribution >= 0.6 is 0 Å². The lowest BCUT2D eigenvalue weighted by molar-refractivity contribution is -0.139. The summed E-state index contributed by atoms with van der Waals surface area (Å²) in [6.07, 6.45) is 0.288. The third-order valence-electron chi connectivity index (χ3n) is 4.60. The Morgan fingerprint density at radius 2 is 2.00 bits per heavy atom. The summed E-state index contributed by atoms with van der Waals surface area (Å²) >= 11 is 0. The first-order valence-electron chi connectivity index (χ1n) is 8.16. The zero-order valence-electron chi connectivity index (χ0n) is 13.8. The summed E-state index contributed by atoms with van der Waals surface area (Å²) in [5.41, 5.74) is -0.607. The van der Waals surface area contributed by atoms with Gasteiger partial charge in [-0.05, 0) is 36.6 Å². The molecule has 0 unspecified atom stereocenters. The van der Waals surface area contributed by atoms with Crippen molar-refractivity contribution in [1.82, 2.24) is 5.32 Å². The highest BCUT2D eigenvalue weighted by molar-refractivity contribution is 5.74. The van der Waals surface area contributed by atoms with Gasteiger partial charge in [-0.3, -0.25) is 4.79 Å². The fourth-order valence-corrected chi connectivity index (χ4v) is 3.27. The summed E-state index contributed by atoms with van der Waals surface area (Å²) in [7, 11) is 0. The van der Waals surface area contributed by atoms with E-state index >= 15 is 0 Å². The van der Waals surface area contributed by atoms with Crippen molar-refractivity contribution >= 4 is 5.97 Å². The molecule has 1 heterocycles. The van der Waals surface area contributed by atoms with E-state index in [0.717, 1.165) is 6.07 Å². The van der Waals surface area contributed by atoms with Crippen LogP contribution < -0.4 is 10.1 Å². The molecule has 0 radical (unpaired) electrons. The molecule has 4 nitrogen and oxygen atoms in total. The standard InChI is InChI=1S/C19H18F3NO3/c20-13-4-2-5-14(7-13)26-11-19(9-16(18(24)25)23-10-19)8-12-3-1-6-15(21)17(12)22/h1-7,16,23H,8-11H2,(H,24,25)/t16-,19-/m0/s1. The van der Waals surface area contributed by atoms with E-state index < -0.39 is 34.9 Å². The summed E-state index contributed by atoms with van der Waals surface area (Å²) in [6, 6.07) is 8.68. The van der Waals surface area contributed by atoms with Crippen molar-refractivity contribution in [3.63, 3.8) is 0 Å². The van der Waals surface area contributed by atoms with E-state index in [1.165, 1.54) is 30.3 Å². The van der Waals surface area contributed by atoms with Gasteiger partial charge in [0.15, 0.2) is 11.6 Å². The van der Waals surface area contributed by atoms with E-state index in [-0.39, 0.29) is 31.6 Å². The van der Waals surface area contributed by atoms with Crippen LogP contribution in [0.1, 0.15) is 12.0 Å². The van der Waals surface area contributed by atoms with Gasteiger partial charge < -0.3 is 15.2 Å². The Labute approximate surface area is 148 Å². The van der Waals surface area contributed by atoms with Crippen LogP contribution in [0.4, 0.5) is 13.2 Å². The van der Waals surface area contributed by atoms with Crippen molar-refractivity contribution in [3.05, 3.63) is 65.5 Å². The van der Waals surface area contributed by atoms with Crippen LogP contribution in [0.25, 0.3) is 0 Å². The van der Waals surface area contributed by atoms with Gasteiger partial charge in [-0.1, -0.05) is 18.2 Å². The molecule has 7 heteroatoms. The van der Waals surface area contributed by atoms with E-state index in [4.69, 9.17) is 4.74 Å². The number of carboxylic acid groups (broad SMARTS) is 1. The van der Waals surface area contributed by atoms with Crippen molar-refractivity contribution in [1.29, 1.82) is 0 Å². The van der Waals surface area contributed by atoms with Gasteiger partial charge in [0.2, 0.25) is 0 Å². The third-order valence-corrected chi connectivity index (χ3v) is 4.60. The van der Waals surface area contributed by atoms with Crippen LogP contribution in [0, 0.1) is 22.9 Å². The summed E-state index contributed by atoms with van der Waals surface area (Å²) in [5, 5.41) is 12.1. The first kappa shape index (κ1) is 18.3. The van der Waals surface area contributed by atoms with Gasteiger partial charge >= 0.3 is 5.97 Å². The second kappa shape index (κ2) is 7.37. The van der Waals surface area contributed by atoms with Crippen molar-refractivity contribution in [2.24, 2.45) is 5.41 Å². The number of halogens is 3. The number of benzene rings is 2. The third kappa shape index (κ3) is 3.99. The minimum atomic E-state index is -1.02. The maximum Gasteiger partial charge on any atom is 0.320 e. The Morgan fingerprint density at radius 3 is 2.69 bits per heavy atom. The molecule has 0 bridgehead atoms. The molecule has 2 atom stereocenters. The second-order valence-electron chi connectivity index (χ2n) is 6.61. The summed E-state index contributed by atoms with van der Waals surface area (Å²) in [6.45, 7) is 0.304. The Balaban J connectivity index is 1.83. The predicted molar refractivity (Wildman–Crippen MR) is 88.4 cm³/mol. The molecule has 138 valence electrons. The molecule has 1 aliphatic heterocycles. The molecule has 2 aromatic carbocycles. The van der Waals surface area contributed by atoms with Crippen molar-refractivity contribution in [2.45, 2.75) is 18.9 Å². The molecule has 0 amide bonds. The molecule has 26 heavy (non-hydrogen) atoms. The number of hydrogen-bond donors (Lipinski definition) is 2. The summed E-state index contributed by atoms with van der Waals surface area (Å²) in [4.78, 5) is 11.3. The van der Waals surface area contributed by atoms with Crippen LogP contribution in [-0.4, -0.2) is 30.3 Å². The highest BCUT2D eigenvalue weighted by Gasteiger charge is 2.43. The normalized spacial score (nSPS) is 22.3. The molecular weight excluding hydrogens is 347 g/mol. The SMILES string of the molecule is O=C(O)[C@@H]1C[C@@](COc2cccc(F)c2)(Cc2cccc(F)c2F)CN1. The Morgan fingerprint density at radius 1 is 1.23 bits per heavy atom. The maximum atomic E-state index is 14.1. The fraction of sp³-hybridized carbons (Fsp3) is 0.316. The second-order valence-corrected chi connectivity index (χ2v) is 6.61. The van der Waals surface area contributed by atoms with Crippen LogP contribution in [0.5, 0.6) is 5.75 Å². The molecule has 3 rings (SSSR count). The van der Waals surface area contributed by atoms with Gasteiger partial charge in [-0.25, -0.2) is 13.2 Å². The number of carbonyl (C=O) groups is 1. The largest absolute Gasteiger partial charge is 0.493 e. The monoisotopic (exact) mass is 365 g/mol. The minimum absolute atomic E-state index is 0.0448. The van der Waals surface area contributed by atoms with Crippen LogP contribution in [-0.2, 0) is 11.2 Å². The molecule has 0 aliphatic carbocycles. The predicted octanol–water partition coefficient (Wildman–Crippen LogP) is 3.16. The van der Waals surface area contributed by atoms with Gasteiger partial charge in [0, 0.05) is 18.0 Å². The van der Waals surface area contributed by atoms with Crippen molar-refractivity contribution < 1.29 is 27.8 Å². The first-order valence-corrected chi connectivity index (χ1v) is 8.16. The topological polar surface area (TPSA) is 58.6 Å². The van der Waals surface area contributed by atoms with Gasteiger partial charge in [-0.15, -0.1) is 0 Å². The van der Waals surface area contributed by atoms with E-state index in [9.17, 15) is 23.1 Å². The molecular formula is C19H18F3NO3. The molecule has 1 saturated heterocycles. The minimum Gasteiger partial charge on any atom is -0.493 e. The van der Waals surface area contributed by atoms with Crippen LogP contribution in [0.15, 0.2) is 42.5 Å². The fourth-order valence-electron chi connectivity index (χ4n) is 3.27. The van der Waals surface area contributed by atoms with E-state index in [0.29, 0.717) is 5.75 Å². The van der Waals surface area contributed by atoms with Gasteiger partial charge in [-0.2, -0.15) is 0 Å². The van der Waals surface area contributed by atoms with Crippen LogP contribution in [0.3, 0.4) is 0 Å². The van der Waals surface area contributed by atoms with E-state index in [1.807, 2.05) is 0 Å². The zero-order chi connectivity index (χ0) is 18.7. The number of aliphatic carboxylic acids is 1. The molecule has 0 aromatic heterocycles. The lowest BCUT2D eigenvalue weighted by Gasteiger charge is -2.28. The summed E-state index contributed by atoms with van der Waals surface area (Å²) < 4.78 is 46.6. The van der Waals surface area contributed by atoms with Gasteiger partial charge in [0.05, 0.1) is 6.61 Å². The van der Waals surface area contributed by atoms with E-state index in [1.54, 1.807) is 6.07 Å². The molecule has 1 aliphatic rings. The Bertz CT molecular complexity index is 814. The number of rotatable bonds is 6. The average molecular weight is 365 g/mol. The first-order chi connectivity index (χ1) is 12.4. The number of carboxylic acids is 1. The smallest absolute Gasteiger partial charge is 0.320 e. The average Bonchev–Trinajstić information content (AvgIpc) is 3.02. The molecule has 0 saturated carbocycles. The number of hydrogen-bond acceptors (Lipinski definition) is 3. The van der Waals surface area contributed by atoms with Crippen LogP contribution in [0.2, 0.25) is 0 Å². The highest BCUT2D eigenvalue weighted by Crippen LogP contribution is 2.35. The number of nitrogens with one attached hydrogen (secondary N) is 1. The highest BCUT2D eigenvalue weighted by atomic mass is 19.2. The van der Waals surface area contributed by atoms with Gasteiger partial charge in [0.1, 0.15) is 17.6 Å². The Hall–Kier alpha value is -2.54. The molecule has 2 aromatic rings. The summed E-state index contributed by atoms with van der Waals surface area (Å²) in [5.74, 6) is -3.08. The lowest BCUT2D eigenvalue weighted by atomic mass is 9.80. The van der Waals surface area contributed by atoms with Crippen molar-refractivity contribution in [2.75, 3.05) is 13.2 Å². The molecule has 2 N–H and O–H groups in total. The van der Waals surface area contributed by atoms with Gasteiger partial charge in [0.25, 0.3) is 0 Å². The quantitative estimate of drug-likeness (QED) is 0.826. The van der Waals surface area contributed by atoms with Crippen molar-refractivity contribution in [3.8, 4) is 5.75 Å². The zero-order valence-corrected chi connectivity index (χ0v) is 13.8. The Kier molecular flexibility index (Phi) is 5.18. The maximum absolute atomic E-state index is 14.1. The number of ether oxygens (including phenoxy) is 1. The lowest BCUT2D eigenvalue weighted by Crippen LogP contribution is -2.34.